The molecule has 1 aliphatic carbocycles. The summed E-state index contributed by atoms with van der Waals surface area (Å²) < 4.78 is 13.1. The molecule has 1 aromatic heterocycles. The van der Waals surface area contributed by atoms with Crippen molar-refractivity contribution in [2.45, 2.75) is 45.4 Å². The summed E-state index contributed by atoms with van der Waals surface area (Å²) in [4.78, 5) is 14.5. The zero-order chi connectivity index (χ0) is 16.6. The molecule has 1 heterocycles. The topological polar surface area (TPSA) is 43.1 Å². The summed E-state index contributed by atoms with van der Waals surface area (Å²) in [5, 5.41) is 0. The summed E-state index contributed by atoms with van der Waals surface area (Å²) in [6.07, 6.45) is 4.01. The molecule has 122 valence electrons. The Morgan fingerprint density at radius 1 is 1.35 bits per heavy atom. The minimum Gasteiger partial charge on any atom is -0.369 e. The zero-order valence-electron chi connectivity index (χ0n) is 13.6. The Labute approximate surface area is 140 Å². The smallest absolute Gasteiger partial charge is 0.225 e. The molecule has 2 N–H and O–H groups in total. The lowest BCUT2D eigenvalue weighted by Crippen LogP contribution is -2.23. The SMILES string of the molecule is CC1(C)CCc2sc(CC(C(N)=O)c3ccc(F)cc3)cc2C1. The Morgan fingerprint density at radius 3 is 2.70 bits per heavy atom. The van der Waals surface area contributed by atoms with Gasteiger partial charge < -0.3 is 5.73 Å². The van der Waals surface area contributed by atoms with Crippen LogP contribution in [0.2, 0.25) is 0 Å². The fourth-order valence-corrected chi connectivity index (χ4v) is 4.56. The number of halogens is 1. The summed E-state index contributed by atoms with van der Waals surface area (Å²) in [6.45, 7) is 4.61. The lowest BCUT2D eigenvalue weighted by molar-refractivity contribution is -0.119. The van der Waals surface area contributed by atoms with Crippen molar-refractivity contribution >= 4 is 17.2 Å². The number of nitrogens with two attached hydrogens (primary N) is 1. The van der Waals surface area contributed by atoms with Gasteiger partial charge >= 0.3 is 0 Å². The van der Waals surface area contributed by atoms with E-state index in [4.69, 9.17) is 5.73 Å². The van der Waals surface area contributed by atoms with Crippen molar-refractivity contribution in [2.24, 2.45) is 11.1 Å². The van der Waals surface area contributed by atoms with Crippen LogP contribution < -0.4 is 5.73 Å². The van der Waals surface area contributed by atoms with Gasteiger partial charge in [-0.2, -0.15) is 0 Å². The lowest BCUT2D eigenvalue weighted by atomic mass is 9.77. The van der Waals surface area contributed by atoms with Crippen LogP contribution in [0.4, 0.5) is 4.39 Å². The minimum absolute atomic E-state index is 0.300. The van der Waals surface area contributed by atoms with Gasteiger partial charge in [-0.1, -0.05) is 26.0 Å². The average molecular weight is 331 g/mol. The molecule has 1 aromatic carbocycles. The first kappa shape index (κ1) is 16.2. The Kier molecular flexibility index (Phi) is 4.28. The van der Waals surface area contributed by atoms with E-state index in [0.717, 1.165) is 18.4 Å². The first-order chi connectivity index (χ1) is 10.8. The lowest BCUT2D eigenvalue weighted by Gasteiger charge is -2.29. The van der Waals surface area contributed by atoms with E-state index in [0.29, 0.717) is 11.8 Å². The van der Waals surface area contributed by atoms with Gasteiger partial charge in [-0.15, -0.1) is 11.3 Å². The number of hydrogen-bond acceptors (Lipinski definition) is 2. The second-order valence-electron chi connectivity index (χ2n) is 7.21. The van der Waals surface area contributed by atoms with Crippen molar-refractivity contribution in [2.75, 3.05) is 0 Å². The molecule has 0 bridgehead atoms. The number of carbonyl (C=O) groups is 1. The quantitative estimate of drug-likeness (QED) is 0.896. The van der Waals surface area contributed by atoms with E-state index in [2.05, 4.69) is 19.9 Å². The first-order valence-electron chi connectivity index (χ1n) is 7.99. The number of fused-ring (bicyclic) bond motifs is 1. The molecule has 1 unspecified atom stereocenters. The highest BCUT2D eigenvalue weighted by molar-refractivity contribution is 7.12. The van der Waals surface area contributed by atoms with E-state index >= 15 is 0 Å². The van der Waals surface area contributed by atoms with Crippen LogP contribution in [0.15, 0.2) is 30.3 Å². The second kappa shape index (κ2) is 6.08. The van der Waals surface area contributed by atoms with Crippen LogP contribution in [0.5, 0.6) is 0 Å². The van der Waals surface area contributed by atoms with Gasteiger partial charge in [0.2, 0.25) is 5.91 Å². The normalized spacial score (nSPS) is 17.5. The number of amides is 1. The molecule has 2 aromatic rings. The monoisotopic (exact) mass is 331 g/mol. The predicted octanol–water partition coefficient (Wildman–Crippen LogP) is 4.21. The van der Waals surface area contributed by atoms with Crippen LogP contribution in [0.1, 0.15) is 47.1 Å². The summed E-state index contributed by atoms with van der Waals surface area (Å²) in [5.41, 5.74) is 8.15. The third kappa shape index (κ3) is 3.63. The molecule has 0 saturated carbocycles. The van der Waals surface area contributed by atoms with Crippen LogP contribution in [0.25, 0.3) is 0 Å². The van der Waals surface area contributed by atoms with Gasteiger partial charge in [0.15, 0.2) is 0 Å². The van der Waals surface area contributed by atoms with E-state index in [1.807, 2.05) is 0 Å². The van der Waals surface area contributed by atoms with E-state index < -0.39 is 5.92 Å². The molecule has 0 fully saturated rings. The fourth-order valence-electron chi connectivity index (χ4n) is 3.32. The molecule has 1 aliphatic rings. The van der Waals surface area contributed by atoms with Crippen LogP contribution in [-0.2, 0) is 24.1 Å². The number of rotatable bonds is 4. The van der Waals surface area contributed by atoms with Gasteiger partial charge in [0.05, 0.1) is 5.92 Å². The minimum atomic E-state index is -0.399. The van der Waals surface area contributed by atoms with Gasteiger partial charge in [-0.25, -0.2) is 4.39 Å². The Hall–Kier alpha value is -1.68. The molecule has 4 heteroatoms. The highest BCUT2D eigenvalue weighted by Crippen LogP contribution is 2.39. The number of hydrogen-bond donors (Lipinski definition) is 1. The van der Waals surface area contributed by atoms with Crippen LogP contribution >= 0.6 is 11.3 Å². The van der Waals surface area contributed by atoms with Gasteiger partial charge in [0.1, 0.15) is 5.82 Å². The average Bonchev–Trinajstić information content (AvgIpc) is 2.86. The molecule has 0 aliphatic heterocycles. The largest absolute Gasteiger partial charge is 0.369 e. The van der Waals surface area contributed by atoms with E-state index in [9.17, 15) is 9.18 Å². The van der Waals surface area contributed by atoms with E-state index in [1.165, 1.54) is 33.9 Å². The molecule has 3 rings (SSSR count). The third-order valence-corrected chi connectivity index (χ3v) is 5.93. The first-order valence-corrected chi connectivity index (χ1v) is 8.81. The van der Waals surface area contributed by atoms with Crippen molar-refractivity contribution < 1.29 is 9.18 Å². The van der Waals surface area contributed by atoms with E-state index in [1.54, 1.807) is 23.5 Å². The number of aryl methyl sites for hydroxylation is 1. The number of benzene rings is 1. The van der Waals surface area contributed by atoms with E-state index in [-0.39, 0.29) is 11.7 Å². The van der Waals surface area contributed by atoms with Gasteiger partial charge in [-0.3, -0.25) is 4.79 Å². The van der Waals surface area contributed by atoms with Crippen molar-refractivity contribution in [1.29, 1.82) is 0 Å². The van der Waals surface area contributed by atoms with Gasteiger partial charge in [-0.05, 0) is 60.4 Å². The van der Waals surface area contributed by atoms with Gasteiger partial charge in [0, 0.05) is 9.75 Å². The van der Waals surface area contributed by atoms with Crippen LogP contribution in [-0.4, -0.2) is 5.91 Å². The summed E-state index contributed by atoms with van der Waals surface area (Å²) >= 11 is 1.80. The molecule has 1 atom stereocenters. The summed E-state index contributed by atoms with van der Waals surface area (Å²) in [5.74, 6) is -1.06. The standard InChI is InChI=1S/C19H22FNOS/c1-19(2)8-7-17-13(11-19)9-15(23-17)10-16(18(21)22)12-3-5-14(20)6-4-12/h3-6,9,16H,7-8,10-11H2,1-2H3,(H2,21,22). The third-order valence-electron chi connectivity index (χ3n) is 4.67. The molecule has 2 nitrogen and oxygen atoms in total. The highest BCUT2D eigenvalue weighted by Gasteiger charge is 2.28. The number of primary amides is 1. The zero-order valence-corrected chi connectivity index (χ0v) is 14.4. The molecule has 23 heavy (non-hydrogen) atoms. The maximum atomic E-state index is 13.1. The Morgan fingerprint density at radius 2 is 2.04 bits per heavy atom. The van der Waals surface area contributed by atoms with Gasteiger partial charge in [0.25, 0.3) is 0 Å². The molecule has 0 spiro atoms. The second-order valence-corrected chi connectivity index (χ2v) is 8.43. The molecule has 0 saturated heterocycles. The van der Waals surface area contributed by atoms with Crippen molar-refractivity contribution in [3.05, 3.63) is 57.0 Å². The number of thiophene rings is 1. The van der Waals surface area contributed by atoms with Crippen LogP contribution in [0.3, 0.4) is 0 Å². The maximum Gasteiger partial charge on any atom is 0.225 e. The summed E-state index contributed by atoms with van der Waals surface area (Å²) in [6, 6.07) is 8.31. The highest BCUT2D eigenvalue weighted by atomic mass is 32.1. The molecular weight excluding hydrogens is 309 g/mol. The van der Waals surface area contributed by atoms with Crippen molar-refractivity contribution in [1.82, 2.24) is 0 Å². The Bertz CT molecular complexity index is 717. The molecule has 0 radical (unpaired) electrons. The number of carbonyl (C=O) groups excluding carboxylic acids is 1. The van der Waals surface area contributed by atoms with Crippen molar-refractivity contribution in [3.63, 3.8) is 0 Å². The molecular formula is C19H22FNOS. The Balaban J connectivity index is 1.83. The fraction of sp³-hybridized carbons (Fsp3) is 0.421. The molecule has 1 amide bonds. The van der Waals surface area contributed by atoms with Crippen LogP contribution in [0, 0.1) is 11.2 Å². The van der Waals surface area contributed by atoms with Crippen molar-refractivity contribution in [3.8, 4) is 0 Å². The predicted molar refractivity (Wildman–Crippen MR) is 92.2 cm³/mol. The summed E-state index contributed by atoms with van der Waals surface area (Å²) in [7, 11) is 0. The maximum absolute atomic E-state index is 13.1.